The van der Waals surface area contributed by atoms with Crippen LogP contribution in [0.15, 0.2) is 36.5 Å². The molecule has 102 valence electrons. The third kappa shape index (κ3) is 3.17. The first-order valence-corrected chi connectivity index (χ1v) is 5.93. The molecule has 2 aromatic rings. The van der Waals surface area contributed by atoms with Crippen LogP contribution in [0.25, 0.3) is 0 Å². The van der Waals surface area contributed by atoms with Gasteiger partial charge in [0, 0.05) is 12.0 Å². The molecule has 1 heterocycles. The lowest BCUT2D eigenvalue weighted by Crippen LogP contribution is -2.18. The number of benzene rings is 1. The number of ketones is 2. The molecule has 0 aliphatic rings. The van der Waals surface area contributed by atoms with Gasteiger partial charge in [-0.05, 0) is 5.56 Å². The molecule has 0 aliphatic heterocycles. The van der Waals surface area contributed by atoms with E-state index in [9.17, 15) is 14.4 Å². The molecule has 2 rings (SSSR count). The minimum absolute atomic E-state index is 0.184. The van der Waals surface area contributed by atoms with Gasteiger partial charge in [-0.3, -0.25) is 14.7 Å². The van der Waals surface area contributed by atoms with E-state index < -0.39 is 24.0 Å². The maximum absolute atomic E-state index is 11.9. The van der Waals surface area contributed by atoms with Crippen LogP contribution in [0.4, 0.5) is 0 Å². The van der Waals surface area contributed by atoms with Gasteiger partial charge in [0.2, 0.25) is 5.78 Å². The normalized spacial score (nSPS) is 10.2. The fourth-order valence-corrected chi connectivity index (χ4v) is 1.81. The lowest BCUT2D eigenvalue weighted by atomic mass is 10.0. The fraction of sp³-hybridized carbons (Fsp3) is 0.143. The Balaban J connectivity index is 2.14. The summed E-state index contributed by atoms with van der Waals surface area (Å²) < 4.78 is 0. The van der Waals surface area contributed by atoms with E-state index in [0.29, 0.717) is 12.0 Å². The zero-order chi connectivity index (χ0) is 14.5. The molecular formula is C14H12N2O4. The number of hydrogen-bond acceptors (Lipinski definition) is 4. The second-order valence-electron chi connectivity index (χ2n) is 4.26. The van der Waals surface area contributed by atoms with Crippen LogP contribution in [-0.2, 0) is 16.0 Å². The van der Waals surface area contributed by atoms with Crippen molar-refractivity contribution in [1.29, 1.82) is 0 Å². The zero-order valence-corrected chi connectivity index (χ0v) is 10.5. The summed E-state index contributed by atoms with van der Waals surface area (Å²) >= 11 is 0. The number of rotatable bonds is 6. The first-order valence-electron chi connectivity index (χ1n) is 5.93. The average Bonchev–Trinajstić information content (AvgIpc) is 2.88. The van der Waals surface area contributed by atoms with Gasteiger partial charge in [-0.1, -0.05) is 30.3 Å². The summed E-state index contributed by atoms with van der Waals surface area (Å²) in [5, 5.41) is 14.8. The molecule has 1 aromatic carbocycles. The first kappa shape index (κ1) is 13.7. The van der Waals surface area contributed by atoms with Crippen LogP contribution in [0.3, 0.4) is 0 Å². The average molecular weight is 272 g/mol. The zero-order valence-electron chi connectivity index (χ0n) is 10.5. The Bertz CT molecular complexity index is 646. The van der Waals surface area contributed by atoms with Crippen molar-refractivity contribution in [2.75, 3.05) is 0 Å². The molecular weight excluding hydrogens is 260 g/mol. The molecule has 0 aliphatic carbocycles. The van der Waals surface area contributed by atoms with Crippen LogP contribution < -0.4 is 0 Å². The van der Waals surface area contributed by atoms with E-state index in [4.69, 9.17) is 5.11 Å². The molecule has 0 fully saturated rings. The number of Topliss-reactive ketones (excluding diaryl/α,β-unsaturated/α-hetero) is 2. The summed E-state index contributed by atoms with van der Waals surface area (Å²) in [5.74, 6) is -3.31. The summed E-state index contributed by atoms with van der Waals surface area (Å²) in [6.45, 7) is 0. The maximum atomic E-state index is 11.9. The minimum Gasteiger partial charge on any atom is -0.475 e. The molecule has 2 N–H and O–H groups in total. The Kier molecular flexibility index (Phi) is 4.05. The van der Waals surface area contributed by atoms with E-state index in [1.54, 1.807) is 0 Å². The molecule has 6 nitrogen and oxygen atoms in total. The van der Waals surface area contributed by atoms with Gasteiger partial charge in [0.05, 0.1) is 12.6 Å². The van der Waals surface area contributed by atoms with Crippen LogP contribution >= 0.6 is 0 Å². The highest BCUT2D eigenvalue weighted by Gasteiger charge is 2.21. The number of aromatic nitrogens is 2. The monoisotopic (exact) mass is 272 g/mol. The highest BCUT2D eigenvalue weighted by Crippen LogP contribution is 2.13. The van der Waals surface area contributed by atoms with Crippen molar-refractivity contribution >= 4 is 17.5 Å². The Morgan fingerprint density at radius 2 is 1.85 bits per heavy atom. The van der Waals surface area contributed by atoms with Crippen LogP contribution in [0.5, 0.6) is 0 Å². The number of aliphatic carboxylic acids is 1. The molecule has 6 heteroatoms. The highest BCUT2D eigenvalue weighted by molar-refractivity contribution is 6.37. The number of nitrogens with one attached hydrogen (secondary N) is 1. The van der Waals surface area contributed by atoms with Crippen LogP contribution in [0.1, 0.15) is 28.0 Å². The van der Waals surface area contributed by atoms with E-state index in [0.717, 1.165) is 5.56 Å². The molecule has 0 atom stereocenters. The summed E-state index contributed by atoms with van der Waals surface area (Å²) in [5.41, 5.74) is 1.82. The maximum Gasteiger partial charge on any atom is 0.372 e. The van der Waals surface area contributed by atoms with E-state index in [1.165, 1.54) is 6.20 Å². The number of carboxylic acids is 1. The lowest BCUT2D eigenvalue weighted by molar-refractivity contribution is -0.148. The first-order chi connectivity index (χ1) is 9.58. The SMILES string of the molecule is O=C(O)C(=O)CC(=O)c1[nH]ncc1Cc1ccccc1. The van der Waals surface area contributed by atoms with Gasteiger partial charge in [-0.2, -0.15) is 5.10 Å². The second-order valence-corrected chi connectivity index (χ2v) is 4.26. The Morgan fingerprint density at radius 3 is 2.50 bits per heavy atom. The molecule has 0 radical (unpaired) electrons. The van der Waals surface area contributed by atoms with Crippen molar-refractivity contribution in [2.24, 2.45) is 0 Å². The van der Waals surface area contributed by atoms with Gasteiger partial charge >= 0.3 is 5.97 Å². The van der Waals surface area contributed by atoms with Gasteiger partial charge in [0.15, 0.2) is 5.78 Å². The molecule has 0 spiro atoms. The van der Waals surface area contributed by atoms with Crippen molar-refractivity contribution in [3.8, 4) is 0 Å². The molecule has 0 saturated heterocycles. The molecule has 1 aromatic heterocycles. The number of carboxylic acid groups (broad SMARTS) is 1. The van der Waals surface area contributed by atoms with Gasteiger partial charge < -0.3 is 5.11 Å². The highest BCUT2D eigenvalue weighted by atomic mass is 16.4. The van der Waals surface area contributed by atoms with Crippen molar-refractivity contribution in [1.82, 2.24) is 10.2 Å². The van der Waals surface area contributed by atoms with Crippen LogP contribution in [0.2, 0.25) is 0 Å². The number of aromatic amines is 1. The quantitative estimate of drug-likeness (QED) is 0.468. The van der Waals surface area contributed by atoms with Crippen molar-refractivity contribution in [3.63, 3.8) is 0 Å². The van der Waals surface area contributed by atoms with E-state index in [1.807, 2.05) is 30.3 Å². The predicted molar refractivity (Wildman–Crippen MR) is 69.4 cm³/mol. The third-order valence-corrected chi connectivity index (χ3v) is 2.79. The summed E-state index contributed by atoms with van der Waals surface area (Å²) in [6.07, 6.45) is 1.32. The van der Waals surface area contributed by atoms with E-state index in [-0.39, 0.29) is 5.69 Å². The number of carbonyl (C=O) groups is 3. The lowest BCUT2D eigenvalue weighted by Gasteiger charge is -2.02. The van der Waals surface area contributed by atoms with Gasteiger partial charge in [0.1, 0.15) is 5.69 Å². The number of hydrogen-bond donors (Lipinski definition) is 2. The molecule has 0 unspecified atom stereocenters. The molecule has 0 saturated carbocycles. The van der Waals surface area contributed by atoms with Crippen molar-refractivity contribution in [3.05, 3.63) is 53.3 Å². The smallest absolute Gasteiger partial charge is 0.372 e. The summed E-state index contributed by atoms with van der Waals surface area (Å²) in [6, 6.07) is 9.46. The van der Waals surface area contributed by atoms with Gasteiger partial charge in [0.25, 0.3) is 0 Å². The number of carbonyl (C=O) groups excluding carboxylic acids is 2. The summed E-state index contributed by atoms with van der Waals surface area (Å²) in [7, 11) is 0. The number of nitrogens with zero attached hydrogens (tertiary/aromatic N) is 1. The van der Waals surface area contributed by atoms with E-state index in [2.05, 4.69) is 10.2 Å². The minimum atomic E-state index is -1.61. The van der Waals surface area contributed by atoms with E-state index >= 15 is 0 Å². The largest absolute Gasteiger partial charge is 0.475 e. The van der Waals surface area contributed by atoms with Gasteiger partial charge in [-0.15, -0.1) is 0 Å². The predicted octanol–water partition coefficient (Wildman–Crippen LogP) is 1.23. The molecule has 20 heavy (non-hydrogen) atoms. The van der Waals surface area contributed by atoms with Gasteiger partial charge in [-0.25, -0.2) is 4.79 Å². The van der Waals surface area contributed by atoms with Crippen LogP contribution in [-0.4, -0.2) is 32.8 Å². The summed E-state index contributed by atoms with van der Waals surface area (Å²) in [4.78, 5) is 33.4. The standard InChI is InChI=1S/C14H12N2O4/c17-11(7-12(18)14(19)20)13-10(8-15-16-13)6-9-4-2-1-3-5-9/h1-5,8H,6-7H2,(H,15,16)(H,19,20). The van der Waals surface area contributed by atoms with Crippen molar-refractivity contribution < 1.29 is 19.5 Å². The Morgan fingerprint density at radius 1 is 1.15 bits per heavy atom. The Labute approximate surface area is 114 Å². The molecule has 0 bridgehead atoms. The second kappa shape index (κ2) is 5.92. The van der Waals surface area contributed by atoms with Crippen LogP contribution in [0, 0.1) is 0 Å². The van der Waals surface area contributed by atoms with Crippen molar-refractivity contribution in [2.45, 2.75) is 12.8 Å². The fourth-order valence-electron chi connectivity index (χ4n) is 1.81. The third-order valence-electron chi connectivity index (χ3n) is 2.79. The number of H-pyrrole nitrogens is 1. The topological polar surface area (TPSA) is 100 Å². The molecule has 0 amide bonds. The Hall–Kier alpha value is -2.76.